The predicted molar refractivity (Wildman–Crippen MR) is 110 cm³/mol. The first-order chi connectivity index (χ1) is 13.4. The van der Waals surface area contributed by atoms with Crippen molar-refractivity contribution in [1.29, 1.82) is 0 Å². The van der Waals surface area contributed by atoms with Gasteiger partial charge in [0.1, 0.15) is 5.75 Å². The summed E-state index contributed by atoms with van der Waals surface area (Å²) in [5, 5.41) is 3.84. The Morgan fingerprint density at radius 3 is 2.29 bits per heavy atom. The third kappa shape index (κ3) is 5.42. The lowest BCUT2D eigenvalue weighted by Crippen LogP contribution is -3.15. The Bertz CT molecular complexity index is 767. The summed E-state index contributed by atoms with van der Waals surface area (Å²) in [4.78, 5) is 3.74. The summed E-state index contributed by atoms with van der Waals surface area (Å²) >= 11 is 5.51. The lowest BCUT2D eigenvalue weighted by Gasteiger charge is -2.34. The number of quaternary nitrogens is 1. The molecule has 0 amide bonds. The lowest BCUT2D eigenvalue weighted by atomic mass is 10.3. The number of piperazine rings is 1. The van der Waals surface area contributed by atoms with Crippen LogP contribution in [-0.4, -0.2) is 53.9 Å². The van der Waals surface area contributed by atoms with Crippen LogP contribution in [0.4, 0.5) is 14.5 Å². The number of aromatic nitrogens is 1. The predicted octanol–water partition coefficient (Wildman–Crippen LogP) is 2.30. The third-order valence-electron chi connectivity index (χ3n) is 5.19. The summed E-state index contributed by atoms with van der Waals surface area (Å²) in [7, 11) is 0. The van der Waals surface area contributed by atoms with Crippen LogP contribution in [-0.2, 0) is 6.54 Å². The van der Waals surface area contributed by atoms with Gasteiger partial charge in [-0.15, -0.1) is 0 Å². The highest BCUT2D eigenvalue weighted by Gasteiger charge is 2.22. The van der Waals surface area contributed by atoms with E-state index in [1.54, 1.807) is 17.0 Å². The highest BCUT2D eigenvalue weighted by atomic mass is 32.1. The number of benzene rings is 1. The number of halogens is 2. The number of ether oxygens (including phenoxy) is 1. The fourth-order valence-corrected chi connectivity index (χ4v) is 3.82. The first kappa shape index (κ1) is 20.5. The molecular weight excluding hydrogens is 382 g/mol. The topological polar surface area (TPSA) is 33.9 Å². The van der Waals surface area contributed by atoms with Crippen molar-refractivity contribution in [3.63, 3.8) is 0 Å². The Hall–Kier alpha value is -2.19. The lowest BCUT2D eigenvalue weighted by molar-refractivity contribution is -0.904. The highest BCUT2D eigenvalue weighted by molar-refractivity contribution is 7.80. The Kier molecular flexibility index (Phi) is 6.85. The molecule has 2 heterocycles. The average molecular weight is 410 g/mol. The minimum Gasteiger partial charge on any atom is -0.435 e. The molecule has 0 unspecified atom stereocenters. The maximum Gasteiger partial charge on any atom is 0.387 e. The molecule has 1 aliphatic heterocycles. The van der Waals surface area contributed by atoms with E-state index in [0.717, 1.165) is 45.0 Å². The van der Waals surface area contributed by atoms with Crippen LogP contribution in [0, 0.1) is 13.8 Å². The van der Waals surface area contributed by atoms with Gasteiger partial charge < -0.3 is 24.4 Å². The molecule has 0 aliphatic carbocycles. The molecule has 2 aromatic rings. The molecule has 0 spiro atoms. The van der Waals surface area contributed by atoms with Gasteiger partial charge >= 0.3 is 6.61 Å². The van der Waals surface area contributed by atoms with Crippen LogP contribution in [0.2, 0.25) is 0 Å². The van der Waals surface area contributed by atoms with Gasteiger partial charge in [-0.2, -0.15) is 8.78 Å². The fraction of sp³-hybridized carbons (Fsp3) is 0.450. The minimum absolute atomic E-state index is 0.136. The fourth-order valence-electron chi connectivity index (χ4n) is 3.52. The second-order valence-electron chi connectivity index (χ2n) is 7.09. The van der Waals surface area contributed by atoms with Gasteiger partial charge in [0.05, 0.1) is 39.3 Å². The number of alkyl halides is 2. The summed E-state index contributed by atoms with van der Waals surface area (Å²) < 4.78 is 31.1. The van der Waals surface area contributed by atoms with Gasteiger partial charge in [-0.1, -0.05) is 0 Å². The van der Waals surface area contributed by atoms with E-state index < -0.39 is 6.61 Å². The molecule has 0 radical (unpaired) electrons. The summed E-state index contributed by atoms with van der Waals surface area (Å²) in [6, 6.07) is 10.7. The SMILES string of the molecule is Cc1ccc(C)n1CC[NH+]1CCN(C(=S)Nc2ccc(OC(F)F)cc2)CC1. The summed E-state index contributed by atoms with van der Waals surface area (Å²) in [6.07, 6.45) is 0. The van der Waals surface area contributed by atoms with Gasteiger partial charge in [-0.25, -0.2) is 0 Å². The van der Waals surface area contributed by atoms with Crippen molar-refractivity contribution in [2.45, 2.75) is 27.0 Å². The molecule has 152 valence electrons. The molecule has 0 atom stereocenters. The molecule has 1 aromatic carbocycles. The van der Waals surface area contributed by atoms with Crippen molar-refractivity contribution >= 4 is 23.0 Å². The van der Waals surface area contributed by atoms with Gasteiger partial charge in [-0.05, 0) is 62.5 Å². The van der Waals surface area contributed by atoms with E-state index in [2.05, 4.69) is 45.5 Å². The molecule has 1 saturated heterocycles. The Morgan fingerprint density at radius 1 is 1.11 bits per heavy atom. The second-order valence-corrected chi connectivity index (χ2v) is 7.47. The first-order valence-electron chi connectivity index (χ1n) is 9.49. The Labute approximate surface area is 169 Å². The maximum atomic E-state index is 12.2. The van der Waals surface area contributed by atoms with Crippen LogP contribution in [0.1, 0.15) is 11.4 Å². The number of hydrogen-bond donors (Lipinski definition) is 2. The van der Waals surface area contributed by atoms with Crippen molar-refractivity contribution in [1.82, 2.24) is 9.47 Å². The van der Waals surface area contributed by atoms with Crippen LogP contribution in [0.5, 0.6) is 5.75 Å². The molecule has 1 aromatic heterocycles. The number of aryl methyl sites for hydroxylation is 2. The largest absolute Gasteiger partial charge is 0.435 e. The van der Waals surface area contributed by atoms with Crippen molar-refractivity contribution in [3.8, 4) is 5.75 Å². The monoisotopic (exact) mass is 409 g/mol. The van der Waals surface area contributed by atoms with E-state index in [1.165, 1.54) is 23.5 Å². The summed E-state index contributed by atoms with van der Waals surface area (Å²) in [5.74, 6) is 0.136. The highest BCUT2D eigenvalue weighted by Crippen LogP contribution is 2.18. The maximum absolute atomic E-state index is 12.2. The number of nitrogens with one attached hydrogen (secondary N) is 2. The zero-order valence-corrected chi connectivity index (χ0v) is 17.1. The van der Waals surface area contributed by atoms with E-state index in [-0.39, 0.29) is 5.75 Å². The van der Waals surface area contributed by atoms with Crippen LogP contribution >= 0.6 is 12.2 Å². The molecule has 8 heteroatoms. The molecule has 2 N–H and O–H groups in total. The van der Waals surface area contributed by atoms with Crippen LogP contribution < -0.4 is 15.0 Å². The van der Waals surface area contributed by atoms with Crippen molar-refractivity contribution in [2.75, 3.05) is 38.0 Å². The molecule has 28 heavy (non-hydrogen) atoms. The normalized spacial score (nSPS) is 15.1. The number of hydrogen-bond acceptors (Lipinski definition) is 2. The number of thiocarbonyl (C=S) groups is 1. The molecule has 0 saturated carbocycles. The zero-order valence-electron chi connectivity index (χ0n) is 16.3. The van der Waals surface area contributed by atoms with Gasteiger partial charge in [0.25, 0.3) is 0 Å². The number of anilines is 1. The molecule has 5 nitrogen and oxygen atoms in total. The molecule has 3 rings (SSSR count). The van der Waals surface area contributed by atoms with Gasteiger partial charge in [0.2, 0.25) is 0 Å². The van der Waals surface area contributed by atoms with E-state index in [4.69, 9.17) is 12.2 Å². The third-order valence-corrected chi connectivity index (χ3v) is 5.55. The van der Waals surface area contributed by atoms with E-state index in [9.17, 15) is 8.78 Å². The van der Waals surface area contributed by atoms with Crippen LogP contribution in [0.15, 0.2) is 36.4 Å². The van der Waals surface area contributed by atoms with Crippen molar-refractivity contribution in [2.24, 2.45) is 0 Å². The smallest absolute Gasteiger partial charge is 0.387 e. The standard InChI is InChI=1S/C20H26F2N4OS/c1-15-3-4-16(2)26(15)14-11-24-9-12-25(13-10-24)20(28)23-17-5-7-18(8-6-17)27-19(21)22/h3-8,19H,9-14H2,1-2H3,(H,23,28)/p+1. The summed E-state index contributed by atoms with van der Waals surface area (Å²) in [6.45, 7) is 7.52. The van der Waals surface area contributed by atoms with Crippen LogP contribution in [0.25, 0.3) is 0 Å². The average Bonchev–Trinajstić information content (AvgIpc) is 2.99. The van der Waals surface area contributed by atoms with E-state index in [0.29, 0.717) is 5.11 Å². The zero-order chi connectivity index (χ0) is 20.1. The van der Waals surface area contributed by atoms with Crippen molar-refractivity contribution in [3.05, 3.63) is 47.8 Å². The van der Waals surface area contributed by atoms with Gasteiger partial charge in [0, 0.05) is 17.1 Å². The van der Waals surface area contributed by atoms with Crippen LogP contribution in [0.3, 0.4) is 0 Å². The molecule has 0 bridgehead atoms. The number of nitrogens with zero attached hydrogens (tertiary/aromatic N) is 2. The van der Waals surface area contributed by atoms with E-state index in [1.807, 2.05) is 0 Å². The quantitative estimate of drug-likeness (QED) is 0.718. The molecule has 1 fully saturated rings. The number of rotatable bonds is 6. The Balaban J connectivity index is 1.43. The van der Waals surface area contributed by atoms with Gasteiger partial charge in [-0.3, -0.25) is 0 Å². The van der Waals surface area contributed by atoms with Gasteiger partial charge in [0.15, 0.2) is 5.11 Å². The second kappa shape index (κ2) is 9.34. The molecular formula is C20H27F2N4OS+. The van der Waals surface area contributed by atoms with Crippen molar-refractivity contribution < 1.29 is 18.4 Å². The molecule has 1 aliphatic rings. The summed E-state index contributed by atoms with van der Waals surface area (Å²) in [5.41, 5.74) is 3.39. The van der Waals surface area contributed by atoms with E-state index >= 15 is 0 Å². The minimum atomic E-state index is -2.82. The Morgan fingerprint density at radius 2 is 1.71 bits per heavy atom. The first-order valence-corrected chi connectivity index (χ1v) is 9.90.